The molecule has 2 aliphatic rings. The summed E-state index contributed by atoms with van der Waals surface area (Å²) in [5.74, 6) is 0.469. The Morgan fingerprint density at radius 3 is 2.41 bits per heavy atom. The van der Waals surface area contributed by atoms with Gasteiger partial charge < -0.3 is 9.47 Å². The Kier molecular flexibility index (Phi) is 3.01. The van der Waals surface area contributed by atoms with Gasteiger partial charge in [-0.2, -0.15) is 0 Å². The van der Waals surface area contributed by atoms with Gasteiger partial charge in [-0.05, 0) is 42.9 Å². The van der Waals surface area contributed by atoms with Crippen LogP contribution in [0.4, 0.5) is 0 Å². The molecule has 0 spiro atoms. The van der Waals surface area contributed by atoms with E-state index in [-0.39, 0.29) is 17.5 Å². The molecule has 98 valence electrons. The van der Waals surface area contributed by atoms with Crippen molar-refractivity contribution in [3.63, 3.8) is 0 Å². The Morgan fingerprint density at radius 1 is 1.35 bits per heavy atom. The molecule has 3 unspecified atom stereocenters. The Labute approximate surface area is 104 Å². The lowest BCUT2D eigenvalue weighted by atomic mass is 9.70. The smallest absolute Gasteiger partial charge is 0.334 e. The topological polar surface area (TPSA) is 35.5 Å². The second-order valence-corrected chi connectivity index (χ2v) is 6.40. The molecule has 0 radical (unpaired) electrons. The van der Waals surface area contributed by atoms with E-state index in [1.807, 2.05) is 0 Å². The van der Waals surface area contributed by atoms with Crippen LogP contribution in [0.5, 0.6) is 0 Å². The van der Waals surface area contributed by atoms with Gasteiger partial charge in [-0.25, -0.2) is 4.79 Å². The number of carbonyl (C=O) groups is 1. The minimum atomic E-state index is -0.447. The van der Waals surface area contributed by atoms with Crippen molar-refractivity contribution in [3.8, 4) is 0 Å². The summed E-state index contributed by atoms with van der Waals surface area (Å²) in [6, 6.07) is 0. The first-order chi connectivity index (χ1) is 7.83. The van der Waals surface area contributed by atoms with Gasteiger partial charge in [0, 0.05) is 0 Å². The molecule has 0 amide bonds. The minimum absolute atomic E-state index is 0.199. The Morgan fingerprint density at radius 2 is 2.00 bits per heavy atom. The summed E-state index contributed by atoms with van der Waals surface area (Å²) in [6.07, 6.45) is 3.35. The molecule has 2 saturated carbocycles. The third-order valence-electron chi connectivity index (χ3n) is 5.62. The highest BCUT2D eigenvalue weighted by molar-refractivity contribution is 5.74. The van der Waals surface area contributed by atoms with Crippen LogP contribution in [0.3, 0.4) is 0 Å². The first-order valence-corrected chi connectivity index (χ1v) is 6.56. The summed E-state index contributed by atoms with van der Waals surface area (Å²) in [6.45, 7) is 8.79. The van der Waals surface area contributed by atoms with Crippen LogP contribution in [0.1, 0.15) is 47.0 Å². The van der Waals surface area contributed by atoms with E-state index in [0.29, 0.717) is 5.41 Å². The maximum atomic E-state index is 11.4. The average Bonchev–Trinajstić information content (AvgIpc) is 2.60. The molecule has 0 N–H and O–H groups in total. The van der Waals surface area contributed by atoms with Crippen LogP contribution >= 0.6 is 0 Å². The quantitative estimate of drug-likeness (QED) is 0.712. The third kappa shape index (κ3) is 1.70. The number of rotatable bonds is 3. The third-order valence-corrected chi connectivity index (χ3v) is 5.62. The van der Waals surface area contributed by atoms with Crippen molar-refractivity contribution in [1.82, 2.24) is 0 Å². The Hall–Kier alpha value is -0.570. The van der Waals surface area contributed by atoms with E-state index in [4.69, 9.17) is 9.47 Å². The molecular weight excluding hydrogens is 216 g/mol. The highest BCUT2D eigenvalue weighted by atomic mass is 16.6. The molecule has 0 aromatic heterocycles. The SMILES string of the molecule is COC(=O)[C@H](C)OC1CC2CCC1(C)C2(C)C. The van der Waals surface area contributed by atoms with E-state index < -0.39 is 6.10 Å². The minimum Gasteiger partial charge on any atom is -0.467 e. The number of esters is 1. The van der Waals surface area contributed by atoms with Crippen molar-refractivity contribution in [2.75, 3.05) is 7.11 Å². The summed E-state index contributed by atoms with van der Waals surface area (Å²) in [7, 11) is 1.41. The molecule has 4 atom stereocenters. The number of ether oxygens (including phenoxy) is 2. The number of carbonyl (C=O) groups excluding carboxylic acids is 1. The standard InChI is InChI=1S/C14H24O3/c1-9(12(15)16-5)17-11-8-10-6-7-14(11,4)13(10,2)3/h9-11H,6-8H2,1-5H3/t9-,10?,11?,14?/m0/s1. The molecule has 2 bridgehead atoms. The molecule has 2 rings (SSSR count). The predicted molar refractivity (Wildman–Crippen MR) is 65.6 cm³/mol. The normalized spacial score (nSPS) is 40.3. The molecule has 2 aliphatic carbocycles. The second kappa shape index (κ2) is 3.98. The zero-order valence-corrected chi connectivity index (χ0v) is 11.6. The second-order valence-electron chi connectivity index (χ2n) is 6.40. The van der Waals surface area contributed by atoms with Crippen molar-refractivity contribution in [2.24, 2.45) is 16.7 Å². The predicted octanol–water partition coefficient (Wildman–Crippen LogP) is 2.78. The number of hydrogen-bond acceptors (Lipinski definition) is 3. The molecule has 0 aromatic carbocycles. The molecule has 3 heteroatoms. The van der Waals surface area contributed by atoms with E-state index >= 15 is 0 Å². The fourth-order valence-electron chi connectivity index (χ4n) is 3.80. The highest BCUT2D eigenvalue weighted by Gasteiger charge is 2.62. The van der Waals surface area contributed by atoms with Crippen LogP contribution < -0.4 is 0 Å². The molecule has 0 aromatic rings. The van der Waals surface area contributed by atoms with Crippen molar-refractivity contribution in [2.45, 2.75) is 59.2 Å². The summed E-state index contributed by atoms with van der Waals surface area (Å²) in [5, 5.41) is 0. The van der Waals surface area contributed by atoms with Crippen LogP contribution in [-0.2, 0) is 14.3 Å². The molecule has 3 nitrogen and oxygen atoms in total. The lowest BCUT2D eigenvalue weighted by molar-refractivity contribution is -0.162. The largest absolute Gasteiger partial charge is 0.467 e. The number of hydrogen-bond donors (Lipinski definition) is 0. The van der Waals surface area contributed by atoms with Gasteiger partial charge in [-0.1, -0.05) is 20.8 Å². The lowest BCUT2D eigenvalue weighted by Crippen LogP contribution is -2.40. The van der Waals surface area contributed by atoms with Crippen molar-refractivity contribution < 1.29 is 14.3 Å². The van der Waals surface area contributed by atoms with Crippen LogP contribution in [0, 0.1) is 16.7 Å². The van der Waals surface area contributed by atoms with Gasteiger partial charge in [0.1, 0.15) is 0 Å². The van der Waals surface area contributed by atoms with Gasteiger partial charge >= 0.3 is 5.97 Å². The average molecular weight is 240 g/mol. The molecule has 17 heavy (non-hydrogen) atoms. The van der Waals surface area contributed by atoms with Crippen molar-refractivity contribution in [1.29, 1.82) is 0 Å². The van der Waals surface area contributed by atoms with E-state index in [2.05, 4.69) is 20.8 Å². The zero-order valence-electron chi connectivity index (χ0n) is 11.6. The molecule has 0 saturated heterocycles. The molecule has 2 fully saturated rings. The van der Waals surface area contributed by atoms with Crippen molar-refractivity contribution in [3.05, 3.63) is 0 Å². The monoisotopic (exact) mass is 240 g/mol. The number of methoxy groups -OCH3 is 1. The van der Waals surface area contributed by atoms with Gasteiger partial charge in [-0.15, -0.1) is 0 Å². The van der Waals surface area contributed by atoms with Crippen molar-refractivity contribution >= 4 is 5.97 Å². The van der Waals surface area contributed by atoms with Crippen LogP contribution in [0.25, 0.3) is 0 Å². The van der Waals surface area contributed by atoms with E-state index in [9.17, 15) is 4.79 Å². The lowest BCUT2D eigenvalue weighted by Gasteiger charge is -2.39. The van der Waals surface area contributed by atoms with Crippen LogP contribution in [-0.4, -0.2) is 25.3 Å². The van der Waals surface area contributed by atoms with E-state index in [1.54, 1.807) is 6.92 Å². The van der Waals surface area contributed by atoms with E-state index in [1.165, 1.54) is 20.0 Å². The summed E-state index contributed by atoms with van der Waals surface area (Å²) in [4.78, 5) is 11.4. The van der Waals surface area contributed by atoms with Crippen LogP contribution in [0.15, 0.2) is 0 Å². The molecule has 0 heterocycles. The number of fused-ring (bicyclic) bond motifs is 2. The Balaban J connectivity index is 2.08. The summed E-state index contributed by atoms with van der Waals surface area (Å²) in [5.41, 5.74) is 0.535. The maximum absolute atomic E-state index is 11.4. The van der Waals surface area contributed by atoms with Gasteiger partial charge in [0.2, 0.25) is 0 Å². The van der Waals surface area contributed by atoms with Gasteiger partial charge in [0.05, 0.1) is 13.2 Å². The van der Waals surface area contributed by atoms with Gasteiger partial charge in [0.25, 0.3) is 0 Å². The molecule has 0 aliphatic heterocycles. The Bertz CT molecular complexity index is 323. The fraction of sp³-hybridized carbons (Fsp3) is 0.929. The summed E-state index contributed by atoms with van der Waals surface area (Å²) < 4.78 is 10.7. The zero-order chi connectivity index (χ0) is 12.8. The first-order valence-electron chi connectivity index (χ1n) is 6.56. The fourth-order valence-corrected chi connectivity index (χ4v) is 3.80. The summed E-state index contributed by atoms with van der Waals surface area (Å²) >= 11 is 0. The highest BCUT2D eigenvalue weighted by Crippen LogP contribution is 2.66. The van der Waals surface area contributed by atoms with E-state index in [0.717, 1.165) is 12.3 Å². The maximum Gasteiger partial charge on any atom is 0.334 e. The first kappa shape index (κ1) is 12.9. The van der Waals surface area contributed by atoms with Crippen LogP contribution in [0.2, 0.25) is 0 Å². The molecular formula is C14H24O3. The van der Waals surface area contributed by atoms with Gasteiger partial charge in [0.15, 0.2) is 6.10 Å². The van der Waals surface area contributed by atoms with Gasteiger partial charge in [-0.3, -0.25) is 0 Å².